The lowest BCUT2D eigenvalue weighted by molar-refractivity contribution is 0.357. The molecule has 0 amide bonds. The van der Waals surface area contributed by atoms with Crippen LogP contribution in [-0.4, -0.2) is 6.61 Å². The van der Waals surface area contributed by atoms with Gasteiger partial charge in [-0.1, -0.05) is 17.7 Å². The number of rotatable bonds is 2. The lowest BCUT2D eigenvalue weighted by Crippen LogP contribution is -2.10. The second-order valence-corrected chi connectivity index (χ2v) is 5.71. The molecule has 2 N–H and O–H groups in total. The molecule has 0 fully saturated rings. The summed E-state index contributed by atoms with van der Waals surface area (Å²) in [7, 11) is 0. The van der Waals surface area contributed by atoms with Gasteiger partial charge in [-0.15, -0.1) is 0 Å². The van der Waals surface area contributed by atoms with Gasteiger partial charge in [0, 0.05) is 16.8 Å². The van der Waals surface area contributed by atoms with Crippen molar-refractivity contribution in [1.29, 1.82) is 0 Å². The third-order valence-corrected chi connectivity index (χ3v) is 4.11. The Labute approximate surface area is 127 Å². The van der Waals surface area contributed by atoms with Gasteiger partial charge in [0.25, 0.3) is 0 Å². The second kappa shape index (κ2) is 4.79. The van der Waals surface area contributed by atoms with Crippen molar-refractivity contribution in [1.82, 2.24) is 0 Å². The molecular weight excluding hydrogens is 286 g/mol. The van der Waals surface area contributed by atoms with Crippen LogP contribution in [0.1, 0.15) is 22.9 Å². The van der Waals surface area contributed by atoms with Crippen LogP contribution in [0.15, 0.2) is 46.9 Å². The first-order valence-electron chi connectivity index (χ1n) is 6.91. The van der Waals surface area contributed by atoms with Gasteiger partial charge >= 0.3 is 0 Å². The monoisotopic (exact) mass is 299 g/mol. The van der Waals surface area contributed by atoms with Crippen LogP contribution in [0.2, 0.25) is 5.02 Å². The highest BCUT2D eigenvalue weighted by Gasteiger charge is 2.18. The lowest BCUT2D eigenvalue weighted by atomic mass is 10.0. The van der Waals surface area contributed by atoms with Crippen molar-refractivity contribution >= 4 is 22.6 Å². The van der Waals surface area contributed by atoms with E-state index in [-0.39, 0.29) is 6.04 Å². The molecule has 2 heterocycles. The Morgan fingerprint density at radius 3 is 2.90 bits per heavy atom. The molecule has 106 valence electrons. The zero-order valence-corrected chi connectivity index (χ0v) is 12.1. The summed E-state index contributed by atoms with van der Waals surface area (Å²) < 4.78 is 11.4. The summed E-state index contributed by atoms with van der Waals surface area (Å²) in [6.45, 7) is 0.747. The van der Waals surface area contributed by atoms with Crippen LogP contribution in [0.3, 0.4) is 0 Å². The number of halogens is 1. The van der Waals surface area contributed by atoms with Crippen molar-refractivity contribution in [2.24, 2.45) is 5.73 Å². The molecule has 1 aromatic heterocycles. The van der Waals surface area contributed by atoms with Crippen LogP contribution in [0.5, 0.6) is 5.75 Å². The van der Waals surface area contributed by atoms with Gasteiger partial charge in [-0.2, -0.15) is 0 Å². The van der Waals surface area contributed by atoms with Crippen LogP contribution in [0, 0.1) is 0 Å². The van der Waals surface area contributed by atoms with E-state index in [2.05, 4.69) is 6.07 Å². The largest absolute Gasteiger partial charge is 0.493 e. The van der Waals surface area contributed by atoms with E-state index in [1.54, 1.807) is 0 Å². The average Bonchev–Trinajstić information content (AvgIpc) is 3.11. The zero-order valence-electron chi connectivity index (χ0n) is 11.3. The van der Waals surface area contributed by atoms with Crippen LogP contribution >= 0.6 is 11.6 Å². The van der Waals surface area contributed by atoms with E-state index in [9.17, 15) is 0 Å². The Morgan fingerprint density at radius 2 is 2.00 bits per heavy atom. The van der Waals surface area contributed by atoms with E-state index in [1.165, 1.54) is 5.56 Å². The molecule has 4 rings (SSSR count). The van der Waals surface area contributed by atoms with Crippen LogP contribution in [0.25, 0.3) is 11.0 Å². The summed E-state index contributed by atoms with van der Waals surface area (Å²) in [4.78, 5) is 0. The summed E-state index contributed by atoms with van der Waals surface area (Å²) >= 11 is 6.00. The van der Waals surface area contributed by atoms with Crippen molar-refractivity contribution in [2.45, 2.75) is 12.5 Å². The molecule has 1 unspecified atom stereocenters. The van der Waals surface area contributed by atoms with Gasteiger partial charge in [0.05, 0.1) is 12.6 Å². The number of fused-ring (bicyclic) bond motifs is 2. The first-order chi connectivity index (χ1) is 10.2. The van der Waals surface area contributed by atoms with Crippen LogP contribution in [0.4, 0.5) is 0 Å². The van der Waals surface area contributed by atoms with Gasteiger partial charge in [-0.25, -0.2) is 0 Å². The Hall–Kier alpha value is -1.97. The average molecular weight is 300 g/mol. The zero-order chi connectivity index (χ0) is 14.4. The van der Waals surface area contributed by atoms with Crippen molar-refractivity contribution in [2.75, 3.05) is 6.61 Å². The smallest absolute Gasteiger partial charge is 0.134 e. The van der Waals surface area contributed by atoms with E-state index in [0.717, 1.165) is 41.1 Å². The molecule has 3 nitrogen and oxygen atoms in total. The number of furan rings is 1. The standard InChI is InChI=1S/C17H14ClNO2/c18-13-2-4-15-12(8-13)9-16(21-15)17(19)11-1-3-14-10(7-11)5-6-20-14/h1-4,7-9,17H,5-6,19H2. The van der Waals surface area contributed by atoms with Gasteiger partial charge in [-0.3, -0.25) is 0 Å². The SMILES string of the molecule is NC(c1ccc2c(c1)CCO2)c1cc2cc(Cl)ccc2o1. The van der Waals surface area contributed by atoms with Gasteiger partial charge in [0.15, 0.2) is 0 Å². The first-order valence-corrected chi connectivity index (χ1v) is 7.29. The number of ether oxygens (including phenoxy) is 1. The molecule has 1 aliphatic heterocycles. The molecule has 1 aliphatic rings. The molecule has 21 heavy (non-hydrogen) atoms. The van der Waals surface area contributed by atoms with Crippen molar-refractivity contribution < 1.29 is 9.15 Å². The fourth-order valence-corrected chi connectivity index (χ4v) is 2.93. The number of nitrogens with two attached hydrogens (primary N) is 1. The van der Waals surface area contributed by atoms with Gasteiger partial charge in [-0.05, 0) is 47.5 Å². The number of hydrogen-bond acceptors (Lipinski definition) is 3. The highest BCUT2D eigenvalue weighted by Crippen LogP contribution is 2.32. The first kappa shape index (κ1) is 12.7. The predicted octanol–water partition coefficient (Wildman–Crippen LogP) is 4.07. The molecule has 2 aromatic carbocycles. The van der Waals surface area contributed by atoms with Crippen LogP contribution in [-0.2, 0) is 6.42 Å². The molecular formula is C17H14ClNO2. The summed E-state index contributed by atoms with van der Waals surface area (Å²) in [6.07, 6.45) is 0.936. The molecule has 3 aromatic rings. The highest BCUT2D eigenvalue weighted by molar-refractivity contribution is 6.31. The summed E-state index contributed by atoms with van der Waals surface area (Å²) in [5.74, 6) is 1.70. The van der Waals surface area contributed by atoms with Crippen molar-refractivity contribution in [3.63, 3.8) is 0 Å². The molecule has 0 saturated heterocycles. The summed E-state index contributed by atoms with van der Waals surface area (Å²) in [5.41, 5.74) is 9.39. The predicted molar refractivity (Wildman–Crippen MR) is 82.9 cm³/mol. The molecule has 0 bridgehead atoms. The quantitative estimate of drug-likeness (QED) is 0.776. The normalized spacial score (nSPS) is 15.0. The van der Waals surface area contributed by atoms with Gasteiger partial charge < -0.3 is 14.9 Å². The second-order valence-electron chi connectivity index (χ2n) is 5.27. The summed E-state index contributed by atoms with van der Waals surface area (Å²) in [5, 5.41) is 1.66. The molecule has 0 aliphatic carbocycles. The van der Waals surface area contributed by atoms with Crippen LogP contribution < -0.4 is 10.5 Å². The van der Waals surface area contributed by atoms with E-state index in [0.29, 0.717) is 5.02 Å². The Bertz CT molecular complexity index is 825. The van der Waals surface area contributed by atoms with Gasteiger partial charge in [0.2, 0.25) is 0 Å². The van der Waals surface area contributed by atoms with E-state index < -0.39 is 0 Å². The molecule has 0 radical (unpaired) electrons. The van der Waals surface area contributed by atoms with E-state index in [1.807, 2.05) is 36.4 Å². The van der Waals surface area contributed by atoms with Gasteiger partial charge in [0.1, 0.15) is 17.1 Å². The van der Waals surface area contributed by atoms with Crippen molar-refractivity contribution in [3.8, 4) is 5.75 Å². The molecule has 0 saturated carbocycles. The topological polar surface area (TPSA) is 48.4 Å². The number of benzene rings is 2. The maximum absolute atomic E-state index is 6.34. The summed E-state index contributed by atoms with van der Waals surface area (Å²) in [6, 6.07) is 13.3. The third kappa shape index (κ3) is 2.19. The Balaban J connectivity index is 1.73. The van der Waals surface area contributed by atoms with E-state index in [4.69, 9.17) is 26.5 Å². The minimum atomic E-state index is -0.290. The molecule has 1 atom stereocenters. The maximum Gasteiger partial charge on any atom is 0.134 e. The Kier molecular flexibility index (Phi) is 2.91. The van der Waals surface area contributed by atoms with Crippen molar-refractivity contribution in [3.05, 3.63) is 64.4 Å². The lowest BCUT2D eigenvalue weighted by Gasteiger charge is -2.10. The number of hydrogen-bond donors (Lipinski definition) is 1. The van der Waals surface area contributed by atoms with E-state index >= 15 is 0 Å². The maximum atomic E-state index is 6.34. The fourth-order valence-electron chi connectivity index (χ4n) is 2.75. The fraction of sp³-hybridized carbons (Fsp3) is 0.176. The minimum absolute atomic E-state index is 0.290. The molecule has 0 spiro atoms. The Morgan fingerprint density at radius 1 is 1.10 bits per heavy atom. The highest BCUT2D eigenvalue weighted by atomic mass is 35.5. The molecule has 4 heteroatoms. The third-order valence-electron chi connectivity index (χ3n) is 3.88. The minimum Gasteiger partial charge on any atom is -0.493 e.